The lowest BCUT2D eigenvalue weighted by Crippen LogP contribution is -2.28. The maximum atomic E-state index is 9.09. The Morgan fingerprint density at radius 3 is 2.74 bits per heavy atom. The quantitative estimate of drug-likeness (QED) is 0.863. The van der Waals surface area contributed by atoms with Crippen LogP contribution in [-0.4, -0.2) is 34.4 Å². The molecule has 1 heterocycles. The molecule has 0 aliphatic heterocycles. The van der Waals surface area contributed by atoms with Gasteiger partial charge in [0, 0.05) is 30.8 Å². The van der Waals surface area contributed by atoms with Gasteiger partial charge in [0.15, 0.2) is 5.76 Å². The van der Waals surface area contributed by atoms with Crippen molar-refractivity contribution in [2.45, 2.75) is 25.4 Å². The molecular weight excluding hydrogens is 240 g/mol. The first-order valence-corrected chi connectivity index (χ1v) is 6.73. The van der Waals surface area contributed by atoms with Gasteiger partial charge in [0.1, 0.15) is 0 Å². The molecule has 0 spiro atoms. The fraction of sp³-hybridized carbons (Fsp3) is 0.400. The molecule has 4 heteroatoms. The zero-order valence-corrected chi connectivity index (χ0v) is 10.8. The topological polar surface area (TPSA) is 49.5 Å². The third-order valence-electron chi connectivity index (χ3n) is 3.43. The fourth-order valence-electron chi connectivity index (χ4n) is 2.29. The number of aromatic nitrogens is 1. The number of rotatable bonds is 6. The lowest BCUT2D eigenvalue weighted by Gasteiger charge is -2.18. The molecule has 0 unspecified atom stereocenters. The van der Waals surface area contributed by atoms with Gasteiger partial charge in [0.25, 0.3) is 0 Å². The van der Waals surface area contributed by atoms with Crippen molar-refractivity contribution >= 4 is 0 Å². The second-order valence-electron chi connectivity index (χ2n) is 4.97. The number of aliphatic hydroxyl groups is 1. The van der Waals surface area contributed by atoms with Gasteiger partial charge in [0.2, 0.25) is 0 Å². The number of nitrogens with zero attached hydrogens (tertiary/aromatic N) is 2. The van der Waals surface area contributed by atoms with Crippen LogP contribution in [0.25, 0.3) is 11.3 Å². The van der Waals surface area contributed by atoms with Gasteiger partial charge in [-0.3, -0.25) is 4.90 Å². The third kappa shape index (κ3) is 3.03. The van der Waals surface area contributed by atoms with Gasteiger partial charge in [-0.1, -0.05) is 35.5 Å². The Morgan fingerprint density at radius 1 is 1.26 bits per heavy atom. The summed E-state index contributed by atoms with van der Waals surface area (Å²) >= 11 is 0. The molecule has 3 rings (SSSR count). The van der Waals surface area contributed by atoms with Crippen molar-refractivity contribution in [3.8, 4) is 11.3 Å². The first kappa shape index (κ1) is 12.4. The average Bonchev–Trinajstić information content (AvgIpc) is 3.19. The van der Waals surface area contributed by atoms with Crippen LogP contribution < -0.4 is 0 Å². The normalized spacial score (nSPS) is 15.1. The number of hydrogen-bond acceptors (Lipinski definition) is 4. The Hall–Kier alpha value is -1.65. The molecule has 1 aromatic heterocycles. The van der Waals surface area contributed by atoms with E-state index in [1.54, 1.807) is 0 Å². The van der Waals surface area contributed by atoms with Gasteiger partial charge in [-0.25, -0.2) is 0 Å². The van der Waals surface area contributed by atoms with Crippen molar-refractivity contribution in [3.63, 3.8) is 0 Å². The molecule has 100 valence electrons. The summed E-state index contributed by atoms with van der Waals surface area (Å²) in [4.78, 5) is 2.27. The molecule has 4 nitrogen and oxygen atoms in total. The molecular formula is C15H18N2O2. The van der Waals surface area contributed by atoms with E-state index in [9.17, 15) is 0 Å². The van der Waals surface area contributed by atoms with Crippen molar-refractivity contribution in [1.29, 1.82) is 0 Å². The Bertz CT molecular complexity index is 520. The highest BCUT2D eigenvalue weighted by molar-refractivity contribution is 5.56. The highest BCUT2D eigenvalue weighted by Crippen LogP contribution is 2.28. The summed E-state index contributed by atoms with van der Waals surface area (Å²) in [5.74, 6) is 0.801. The van der Waals surface area contributed by atoms with Crippen molar-refractivity contribution in [2.24, 2.45) is 0 Å². The Kier molecular flexibility index (Phi) is 3.62. The Labute approximate surface area is 112 Å². The highest BCUT2D eigenvalue weighted by Gasteiger charge is 2.29. The summed E-state index contributed by atoms with van der Waals surface area (Å²) < 4.78 is 5.39. The first-order valence-electron chi connectivity index (χ1n) is 6.73. The van der Waals surface area contributed by atoms with E-state index in [1.165, 1.54) is 12.8 Å². The van der Waals surface area contributed by atoms with Crippen LogP contribution in [0.4, 0.5) is 0 Å². The molecule has 1 aliphatic rings. The molecule has 1 aliphatic carbocycles. The van der Waals surface area contributed by atoms with E-state index in [2.05, 4.69) is 10.1 Å². The highest BCUT2D eigenvalue weighted by atomic mass is 16.5. The van der Waals surface area contributed by atoms with Crippen molar-refractivity contribution < 1.29 is 9.63 Å². The van der Waals surface area contributed by atoms with E-state index >= 15 is 0 Å². The molecule has 0 radical (unpaired) electrons. The maximum Gasteiger partial charge on any atom is 0.167 e. The molecule has 1 saturated carbocycles. The van der Waals surface area contributed by atoms with Crippen LogP contribution in [0.1, 0.15) is 18.5 Å². The summed E-state index contributed by atoms with van der Waals surface area (Å²) in [6.45, 7) is 1.65. The zero-order valence-electron chi connectivity index (χ0n) is 10.8. The van der Waals surface area contributed by atoms with Gasteiger partial charge in [-0.05, 0) is 12.8 Å². The van der Waals surface area contributed by atoms with Gasteiger partial charge >= 0.3 is 0 Å². The van der Waals surface area contributed by atoms with E-state index in [1.807, 2.05) is 36.4 Å². The van der Waals surface area contributed by atoms with Crippen LogP contribution >= 0.6 is 0 Å². The van der Waals surface area contributed by atoms with Crippen LogP contribution in [0.5, 0.6) is 0 Å². The molecule has 2 aromatic rings. The summed E-state index contributed by atoms with van der Waals surface area (Å²) in [7, 11) is 0. The molecule has 0 atom stereocenters. The molecule has 1 aromatic carbocycles. The largest absolute Gasteiger partial charge is 0.395 e. The van der Waals surface area contributed by atoms with Gasteiger partial charge in [-0.15, -0.1) is 0 Å². The van der Waals surface area contributed by atoms with E-state index in [0.717, 1.165) is 23.6 Å². The van der Waals surface area contributed by atoms with Crippen LogP contribution in [0.3, 0.4) is 0 Å². The summed E-state index contributed by atoms with van der Waals surface area (Å²) in [6.07, 6.45) is 2.45. The monoisotopic (exact) mass is 258 g/mol. The third-order valence-corrected chi connectivity index (χ3v) is 3.43. The molecule has 0 bridgehead atoms. The average molecular weight is 258 g/mol. The summed E-state index contributed by atoms with van der Waals surface area (Å²) in [6, 6.07) is 12.6. The smallest absolute Gasteiger partial charge is 0.167 e. The second-order valence-corrected chi connectivity index (χ2v) is 4.97. The number of benzene rings is 1. The molecule has 0 saturated heterocycles. The zero-order chi connectivity index (χ0) is 13.1. The predicted octanol–water partition coefficient (Wildman–Crippen LogP) is 2.30. The fourth-order valence-corrected chi connectivity index (χ4v) is 2.29. The van der Waals surface area contributed by atoms with Gasteiger partial charge in [-0.2, -0.15) is 0 Å². The number of aliphatic hydroxyl groups excluding tert-OH is 1. The summed E-state index contributed by atoms with van der Waals surface area (Å²) in [5.41, 5.74) is 1.97. The predicted molar refractivity (Wildman–Crippen MR) is 72.5 cm³/mol. The molecule has 1 N–H and O–H groups in total. The molecule has 19 heavy (non-hydrogen) atoms. The SMILES string of the molecule is OCCN(Cc1cc(-c2ccccc2)on1)C1CC1. The van der Waals surface area contributed by atoms with Crippen molar-refractivity contribution in [1.82, 2.24) is 10.1 Å². The minimum Gasteiger partial charge on any atom is -0.395 e. The van der Waals surface area contributed by atoms with E-state index < -0.39 is 0 Å². The van der Waals surface area contributed by atoms with Crippen molar-refractivity contribution in [2.75, 3.05) is 13.2 Å². The molecule has 0 amide bonds. The lowest BCUT2D eigenvalue weighted by molar-refractivity contribution is 0.180. The minimum atomic E-state index is 0.194. The number of hydrogen-bond donors (Lipinski definition) is 1. The maximum absolute atomic E-state index is 9.09. The first-order chi connectivity index (χ1) is 9.36. The van der Waals surface area contributed by atoms with Gasteiger partial charge in [0.05, 0.1) is 12.3 Å². The standard InChI is InChI=1S/C15H18N2O2/c18-9-8-17(14-6-7-14)11-13-10-15(19-16-13)12-4-2-1-3-5-12/h1-5,10,14,18H,6-9,11H2. The van der Waals surface area contributed by atoms with E-state index in [4.69, 9.17) is 9.63 Å². The van der Waals surface area contributed by atoms with Crippen molar-refractivity contribution in [3.05, 3.63) is 42.1 Å². The Morgan fingerprint density at radius 2 is 2.05 bits per heavy atom. The minimum absolute atomic E-state index is 0.194. The van der Waals surface area contributed by atoms with Crippen LogP contribution in [0, 0.1) is 0 Å². The lowest BCUT2D eigenvalue weighted by atomic mass is 10.1. The van der Waals surface area contributed by atoms with Crippen LogP contribution in [0.15, 0.2) is 40.9 Å². The molecule has 1 fully saturated rings. The van der Waals surface area contributed by atoms with Crippen LogP contribution in [-0.2, 0) is 6.54 Å². The summed E-state index contributed by atoms with van der Waals surface area (Å²) in [5, 5.41) is 13.2. The van der Waals surface area contributed by atoms with E-state index in [-0.39, 0.29) is 6.61 Å². The van der Waals surface area contributed by atoms with Crippen LogP contribution in [0.2, 0.25) is 0 Å². The van der Waals surface area contributed by atoms with Gasteiger partial charge < -0.3 is 9.63 Å². The second kappa shape index (κ2) is 5.55. The Balaban J connectivity index is 1.70. The van der Waals surface area contributed by atoms with E-state index in [0.29, 0.717) is 12.6 Å².